The molecule has 1 amide bonds. The molecule has 0 spiro atoms. The Kier molecular flexibility index (Phi) is 2.41. The fraction of sp³-hybridized carbons (Fsp3) is 0.900. The van der Waals surface area contributed by atoms with Gasteiger partial charge in [0.05, 0.1) is 5.54 Å². The topological polar surface area (TPSA) is 55.1 Å². The van der Waals surface area contributed by atoms with E-state index in [2.05, 4.69) is 19.2 Å². The summed E-state index contributed by atoms with van der Waals surface area (Å²) in [4.78, 5) is 11.4. The lowest BCUT2D eigenvalue weighted by Gasteiger charge is -2.18. The number of rotatable bonds is 3. The molecule has 0 saturated heterocycles. The van der Waals surface area contributed by atoms with Gasteiger partial charge in [0.15, 0.2) is 0 Å². The maximum Gasteiger partial charge on any atom is 0.239 e. The van der Waals surface area contributed by atoms with E-state index in [1.54, 1.807) is 13.8 Å². The molecule has 0 heterocycles. The quantitative estimate of drug-likeness (QED) is 0.684. The summed E-state index contributed by atoms with van der Waals surface area (Å²) in [7, 11) is 0. The minimum absolute atomic E-state index is 0.0600. The molecule has 0 aromatic rings. The normalized spacial score (nSPS) is 25.5. The predicted molar refractivity (Wildman–Crippen MR) is 53.2 cm³/mol. The number of nitrogens with one attached hydrogen (secondary N) is 1. The monoisotopic (exact) mass is 184 g/mol. The Hall–Kier alpha value is -0.570. The van der Waals surface area contributed by atoms with Gasteiger partial charge in [-0.15, -0.1) is 0 Å². The van der Waals surface area contributed by atoms with E-state index in [0.717, 1.165) is 6.54 Å². The third-order valence-corrected chi connectivity index (χ3v) is 2.81. The molecule has 76 valence electrons. The van der Waals surface area contributed by atoms with Crippen molar-refractivity contribution in [2.45, 2.75) is 39.7 Å². The van der Waals surface area contributed by atoms with Crippen LogP contribution in [-0.4, -0.2) is 18.0 Å². The Labute approximate surface area is 80.1 Å². The van der Waals surface area contributed by atoms with Crippen LogP contribution in [0.2, 0.25) is 0 Å². The van der Waals surface area contributed by atoms with Crippen molar-refractivity contribution in [2.75, 3.05) is 6.54 Å². The molecule has 13 heavy (non-hydrogen) atoms. The van der Waals surface area contributed by atoms with Crippen LogP contribution in [0.3, 0.4) is 0 Å². The summed E-state index contributed by atoms with van der Waals surface area (Å²) in [5, 5.41) is 2.88. The number of amides is 1. The van der Waals surface area contributed by atoms with Crippen LogP contribution < -0.4 is 11.1 Å². The minimum atomic E-state index is -0.751. The average Bonchev–Trinajstić information content (AvgIpc) is 2.52. The van der Waals surface area contributed by atoms with Gasteiger partial charge in [0.1, 0.15) is 0 Å². The van der Waals surface area contributed by atoms with Crippen molar-refractivity contribution in [1.29, 1.82) is 0 Å². The number of carbonyl (C=O) groups is 1. The second kappa shape index (κ2) is 2.98. The van der Waals surface area contributed by atoms with Crippen LogP contribution in [0.25, 0.3) is 0 Å². The zero-order chi connectivity index (χ0) is 10.3. The second-order valence-electron chi connectivity index (χ2n) is 5.32. The molecule has 1 aliphatic carbocycles. The zero-order valence-corrected chi connectivity index (χ0v) is 8.98. The van der Waals surface area contributed by atoms with Gasteiger partial charge in [0.25, 0.3) is 0 Å². The highest BCUT2D eigenvalue weighted by Gasteiger charge is 2.45. The van der Waals surface area contributed by atoms with Crippen LogP contribution >= 0.6 is 0 Å². The standard InChI is InChI=1S/C10H20N2O/c1-9(2)5-7(9)6-12-8(13)10(3,4)11/h7H,5-6,11H2,1-4H3,(H,12,13). The Morgan fingerprint density at radius 1 is 1.62 bits per heavy atom. The minimum Gasteiger partial charge on any atom is -0.354 e. The second-order valence-corrected chi connectivity index (χ2v) is 5.32. The van der Waals surface area contributed by atoms with Crippen LogP contribution in [0.15, 0.2) is 0 Å². The molecule has 0 bridgehead atoms. The summed E-state index contributed by atoms with van der Waals surface area (Å²) in [6.45, 7) is 8.65. The molecule has 0 aromatic carbocycles. The lowest BCUT2D eigenvalue weighted by molar-refractivity contribution is -0.125. The predicted octanol–water partition coefficient (Wildman–Crippen LogP) is 0.886. The van der Waals surface area contributed by atoms with E-state index >= 15 is 0 Å². The molecular weight excluding hydrogens is 164 g/mol. The van der Waals surface area contributed by atoms with Gasteiger partial charge in [-0.2, -0.15) is 0 Å². The zero-order valence-electron chi connectivity index (χ0n) is 8.98. The molecule has 0 radical (unpaired) electrons. The molecule has 0 aromatic heterocycles. The number of carbonyl (C=O) groups excluding carboxylic acids is 1. The molecule has 1 aliphatic rings. The molecule has 3 N–H and O–H groups in total. The maximum atomic E-state index is 11.4. The first-order valence-electron chi connectivity index (χ1n) is 4.81. The van der Waals surface area contributed by atoms with Crippen LogP contribution in [0.5, 0.6) is 0 Å². The first-order valence-corrected chi connectivity index (χ1v) is 4.81. The molecule has 3 nitrogen and oxygen atoms in total. The van der Waals surface area contributed by atoms with Gasteiger partial charge in [0.2, 0.25) is 5.91 Å². The van der Waals surface area contributed by atoms with Crippen molar-refractivity contribution < 1.29 is 4.79 Å². The molecule has 0 aliphatic heterocycles. The first kappa shape index (κ1) is 10.5. The van der Waals surface area contributed by atoms with E-state index in [-0.39, 0.29) is 5.91 Å². The number of nitrogens with two attached hydrogens (primary N) is 1. The highest BCUT2D eigenvalue weighted by Crippen LogP contribution is 2.50. The molecule has 3 heteroatoms. The largest absolute Gasteiger partial charge is 0.354 e. The van der Waals surface area contributed by atoms with Gasteiger partial charge >= 0.3 is 0 Å². The third-order valence-electron chi connectivity index (χ3n) is 2.81. The fourth-order valence-electron chi connectivity index (χ4n) is 1.37. The number of hydrogen-bond acceptors (Lipinski definition) is 2. The van der Waals surface area contributed by atoms with Crippen molar-refractivity contribution in [2.24, 2.45) is 17.1 Å². The van der Waals surface area contributed by atoms with Crippen LogP contribution in [0, 0.1) is 11.3 Å². The number of hydrogen-bond donors (Lipinski definition) is 2. The van der Waals surface area contributed by atoms with Gasteiger partial charge in [-0.1, -0.05) is 13.8 Å². The van der Waals surface area contributed by atoms with E-state index in [4.69, 9.17) is 5.73 Å². The van der Waals surface area contributed by atoms with Crippen molar-refractivity contribution >= 4 is 5.91 Å². The Morgan fingerprint density at radius 3 is 2.38 bits per heavy atom. The smallest absolute Gasteiger partial charge is 0.239 e. The first-order chi connectivity index (χ1) is 5.73. The third kappa shape index (κ3) is 2.69. The molecule has 1 unspecified atom stereocenters. The SMILES string of the molecule is CC(C)(N)C(=O)NCC1CC1(C)C. The van der Waals surface area contributed by atoms with E-state index in [0.29, 0.717) is 11.3 Å². The molecular formula is C10H20N2O. The van der Waals surface area contributed by atoms with Gasteiger partial charge in [-0.05, 0) is 31.6 Å². The lowest BCUT2D eigenvalue weighted by atomic mass is 10.1. The highest BCUT2D eigenvalue weighted by molar-refractivity contribution is 5.85. The van der Waals surface area contributed by atoms with Gasteiger partial charge < -0.3 is 11.1 Å². The van der Waals surface area contributed by atoms with Crippen molar-refractivity contribution in [1.82, 2.24) is 5.32 Å². The summed E-state index contributed by atoms with van der Waals surface area (Å²) in [6.07, 6.45) is 1.21. The Balaban J connectivity index is 2.25. The summed E-state index contributed by atoms with van der Waals surface area (Å²) in [6, 6.07) is 0. The maximum absolute atomic E-state index is 11.4. The summed E-state index contributed by atoms with van der Waals surface area (Å²) in [5.74, 6) is 0.578. The lowest BCUT2D eigenvalue weighted by Crippen LogP contribution is -2.49. The van der Waals surface area contributed by atoms with Crippen molar-refractivity contribution in [3.8, 4) is 0 Å². The summed E-state index contributed by atoms with van der Waals surface area (Å²) < 4.78 is 0. The molecule has 1 fully saturated rings. The average molecular weight is 184 g/mol. The van der Waals surface area contributed by atoms with Crippen molar-refractivity contribution in [3.63, 3.8) is 0 Å². The molecule has 1 saturated carbocycles. The van der Waals surface area contributed by atoms with Gasteiger partial charge in [-0.25, -0.2) is 0 Å². The Morgan fingerprint density at radius 2 is 2.08 bits per heavy atom. The van der Waals surface area contributed by atoms with Crippen molar-refractivity contribution in [3.05, 3.63) is 0 Å². The van der Waals surface area contributed by atoms with Crippen LogP contribution in [-0.2, 0) is 4.79 Å². The highest BCUT2D eigenvalue weighted by atomic mass is 16.2. The van der Waals surface area contributed by atoms with Crippen LogP contribution in [0.1, 0.15) is 34.1 Å². The summed E-state index contributed by atoms with van der Waals surface area (Å²) in [5.41, 5.74) is 5.31. The van der Waals surface area contributed by atoms with Gasteiger partial charge in [0, 0.05) is 6.54 Å². The molecule has 1 rings (SSSR count). The summed E-state index contributed by atoms with van der Waals surface area (Å²) >= 11 is 0. The molecule has 1 atom stereocenters. The van der Waals surface area contributed by atoms with Crippen LogP contribution in [0.4, 0.5) is 0 Å². The van der Waals surface area contributed by atoms with E-state index < -0.39 is 5.54 Å². The van der Waals surface area contributed by atoms with E-state index in [1.165, 1.54) is 6.42 Å². The van der Waals surface area contributed by atoms with Gasteiger partial charge in [-0.3, -0.25) is 4.79 Å². The van der Waals surface area contributed by atoms with E-state index in [1.807, 2.05) is 0 Å². The fourth-order valence-corrected chi connectivity index (χ4v) is 1.37. The Bertz CT molecular complexity index is 215. The van der Waals surface area contributed by atoms with E-state index in [9.17, 15) is 4.79 Å².